The van der Waals surface area contributed by atoms with Crippen molar-refractivity contribution >= 4 is 6.03 Å². The number of nitrogens with zero attached hydrogens (tertiary/aromatic N) is 5. The van der Waals surface area contributed by atoms with E-state index in [1.807, 2.05) is 41.7 Å². The number of benzene rings is 1. The van der Waals surface area contributed by atoms with Crippen LogP contribution in [0.1, 0.15) is 62.3 Å². The van der Waals surface area contributed by atoms with Crippen molar-refractivity contribution < 1.29 is 4.79 Å². The molecule has 2 heterocycles. The molecule has 5 fully saturated rings. The Labute approximate surface area is 208 Å². The molecule has 0 radical (unpaired) electrons. The first-order valence-electron chi connectivity index (χ1n) is 13.3. The maximum atomic E-state index is 13.3. The summed E-state index contributed by atoms with van der Waals surface area (Å²) >= 11 is 0. The van der Waals surface area contributed by atoms with Crippen molar-refractivity contribution in [1.29, 1.82) is 5.26 Å². The lowest BCUT2D eigenvalue weighted by Crippen LogP contribution is -2.64. The molecule has 1 aliphatic heterocycles. The molecule has 2 amide bonds. The number of hydrogen-bond acceptors (Lipinski definition) is 4. The van der Waals surface area contributed by atoms with Gasteiger partial charge < -0.3 is 14.8 Å². The summed E-state index contributed by atoms with van der Waals surface area (Å²) < 4.78 is 2.18. The number of nitriles is 1. The van der Waals surface area contributed by atoms with E-state index >= 15 is 0 Å². The Morgan fingerprint density at radius 2 is 1.77 bits per heavy atom. The number of piperazine rings is 1. The smallest absolute Gasteiger partial charge is 0.317 e. The lowest BCUT2D eigenvalue weighted by atomic mass is 9.53. The first-order valence-corrected chi connectivity index (χ1v) is 13.3. The van der Waals surface area contributed by atoms with Crippen molar-refractivity contribution in [2.24, 2.45) is 17.8 Å². The molecule has 4 saturated carbocycles. The van der Waals surface area contributed by atoms with E-state index in [9.17, 15) is 4.79 Å². The van der Waals surface area contributed by atoms with E-state index in [0.29, 0.717) is 11.6 Å². The summed E-state index contributed by atoms with van der Waals surface area (Å²) in [5, 5.41) is 12.6. The molecule has 0 spiro atoms. The average molecular weight is 473 g/mol. The standard InChI is InChI=1S/C28H36N6O/c1-20-16-33(27(35)31-28-11-23-8-24(12-28)10-25(9-23)13-28)7-6-32(20)18-26-15-30-19-34(26)17-22-4-2-21(14-29)3-5-22/h2-5,15,19-20,23-25H,6-13,16-18H2,1H3,(H,31,35). The van der Waals surface area contributed by atoms with Crippen LogP contribution in [0.3, 0.4) is 0 Å². The fraction of sp³-hybridized carbons (Fsp3) is 0.607. The molecule has 1 atom stereocenters. The van der Waals surface area contributed by atoms with Crippen LogP contribution in [0.5, 0.6) is 0 Å². The van der Waals surface area contributed by atoms with Gasteiger partial charge in [0.05, 0.1) is 23.7 Å². The number of rotatable bonds is 5. The fourth-order valence-electron chi connectivity index (χ4n) is 7.70. The number of hydrogen-bond donors (Lipinski definition) is 1. The van der Waals surface area contributed by atoms with Crippen molar-refractivity contribution in [1.82, 2.24) is 24.7 Å². The van der Waals surface area contributed by atoms with E-state index in [1.54, 1.807) is 0 Å². The van der Waals surface area contributed by atoms with Crippen LogP contribution in [-0.2, 0) is 13.1 Å². The molecule has 35 heavy (non-hydrogen) atoms. The number of carbonyl (C=O) groups excluding carboxylic acids is 1. The zero-order valence-corrected chi connectivity index (χ0v) is 20.7. The maximum absolute atomic E-state index is 13.3. The summed E-state index contributed by atoms with van der Waals surface area (Å²) in [6, 6.07) is 10.4. The van der Waals surface area contributed by atoms with Gasteiger partial charge in [0.25, 0.3) is 0 Å². The van der Waals surface area contributed by atoms with Gasteiger partial charge in [-0.3, -0.25) is 4.90 Å². The van der Waals surface area contributed by atoms with E-state index in [4.69, 9.17) is 5.26 Å². The number of urea groups is 1. The van der Waals surface area contributed by atoms with E-state index in [-0.39, 0.29) is 11.6 Å². The van der Waals surface area contributed by atoms with Crippen LogP contribution in [-0.4, -0.2) is 56.6 Å². The minimum absolute atomic E-state index is 0.0736. The molecule has 184 valence electrons. The van der Waals surface area contributed by atoms with Crippen LogP contribution in [0.25, 0.3) is 0 Å². The molecule has 7 nitrogen and oxygen atoms in total. The maximum Gasteiger partial charge on any atom is 0.317 e. The second kappa shape index (κ2) is 8.98. The molecule has 2 aromatic rings. The van der Waals surface area contributed by atoms with Crippen LogP contribution in [0.4, 0.5) is 4.79 Å². The van der Waals surface area contributed by atoms with Gasteiger partial charge in [0.1, 0.15) is 0 Å². The van der Waals surface area contributed by atoms with Crippen LogP contribution < -0.4 is 5.32 Å². The average Bonchev–Trinajstić information content (AvgIpc) is 3.26. The second-order valence-corrected chi connectivity index (χ2v) is 11.7. The number of imidazole rings is 1. The number of carbonyl (C=O) groups is 1. The Balaban J connectivity index is 1.05. The van der Waals surface area contributed by atoms with E-state index in [0.717, 1.165) is 56.0 Å². The fourth-order valence-corrected chi connectivity index (χ4v) is 7.70. The quantitative estimate of drug-likeness (QED) is 0.714. The molecule has 1 aromatic heterocycles. The third kappa shape index (κ3) is 4.56. The third-order valence-electron chi connectivity index (χ3n) is 9.06. The molecule has 7 rings (SSSR count). The number of amides is 2. The second-order valence-electron chi connectivity index (χ2n) is 11.7. The number of aromatic nitrogens is 2. The van der Waals surface area contributed by atoms with Crippen LogP contribution in [0, 0.1) is 29.1 Å². The SMILES string of the molecule is CC1CN(C(=O)NC23CC4CC(CC(C4)C2)C3)CCN1Cc1cncn1Cc1ccc(C#N)cc1. The molecule has 7 heteroatoms. The van der Waals surface area contributed by atoms with Gasteiger partial charge in [0.2, 0.25) is 0 Å². The van der Waals surface area contributed by atoms with Crippen LogP contribution in [0.2, 0.25) is 0 Å². The zero-order valence-electron chi connectivity index (χ0n) is 20.7. The summed E-state index contributed by atoms with van der Waals surface area (Å²) in [5.74, 6) is 2.52. The first-order chi connectivity index (χ1) is 17.0. The van der Waals surface area contributed by atoms with Gasteiger partial charge in [-0.1, -0.05) is 12.1 Å². The Hall–Kier alpha value is -2.85. The molecule has 5 aliphatic rings. The predicted molar refractivity (Wildman–Crippen MR) is 133 cm³/mol. The Morgan fingerprint density at radius 1 is 1.09 bits per heavy atom. The Morgan fingerprint density at radius 3 is 2.40 bits per heavy atom. The summed E-state index contributed by atoms with van der Waals surface area (Å²) in [7, 11) is 0. The van der Waals surface area contributed by atoms with Crippen molar-refractivity contribution in [3.63, 3.8) is 0 Å². The summed E-state index contributed by atoms with van der Waals surface area (Å²) in [6.45, 7) is 6.20. The number of nitrogens with one attached hydrogen (secondary N) is 1. The highest BCUT2D eigenvalue weighted by Crippen LogP contribution is 2.55. The van der Waals surface area contributed by atoms with Crippen molar-refractivity contribution in [2.75, 3.05) is 19.6 Å². The summed E-state index contributed by atoms with van der Waals surface area (Å²) in [5.41, 5.74) is 3.08. The topological polar surface area (TPSA) is 77.2 Å². The molecule has 1 saturated heterocycles. The van der Waals surface area contributed by atoms with Gasteiger partial charge in [-0.25, -0.2) is 9.78 Å². The predicted octanol–water partition coefficient (Wildman–Crippen LogP) is 3.99. The summed E-state index contributed by atoms with van der Waals surface area (Å²) in [4.78, 5) is 22.2. The third-order valence-corrected chi connectivity index (χ3v) is 9.06. The van der Waals surface area contributed by atoms with Gasteiger partial charge in [-0.15, -0.1) is 0 Å². The lowest BCUT2D eigenvalue weighted by Gasteiger charge is -2.57. The van der Waals surface area contributed by atoms with Gasteiger partial charge in [-0.05, 0) is 80.9 Å². The Kier molecular flexibility index (Phi) is 5.80. The molecule has 4 bridgehead atoms. The largest absolute Gasteiger partial charge is 0.333 e. The van der Waals surface area contributed by atoms with E-state index < -0.39 is 0 Å². The molecular formula is C28H36N6O. The molecule has 1 unspecified atom stereocenters. The lowest BCUT2D eigenvalue weighted by molar-refractivity contribution is -0.0173. The molecule has 1 N–H and O–H groups in total. The van der Waals surface area contributed by atoms with Crippen molar-refractivity contribution in [3.05, 3.63) is 53.6 Å². The van der Waals surface area contributed by atoms with Gasteiger partial charge in [-0.2, -0.15) is 5.26 Å². The van der Waals surface area contributed by atoms with Gasteiger partial charge >= 0.3 is 6.03 Å². The van der Waals surface area contributed by atoms with Crippen molar-refractivity contribution in [3.8, 4) is 6.07 Å². The zero-order chi connectivity index (χ0) is 24.0. The van der Waals surface area contributed by atoms with Crippen LogP contribution in [0.15, 0.2) is 36.8 Å². The van der Waals surface area contributed by atoms with Gasteiger partial charge in [0.15, 0.2) is 0 Å². The highest BCUT2D eigenvalue weighted by atomic mass is 16.2. The Bertz CT molecular complexity index is 1080. The van der Waals surface area contributed by atoms with E-state index in [1.165, 1.54) is 44.2 Å². The first kappa shape index (κ1) is 22.6. The molecule has 1 aromatic carbocycles. The highest BCUT2D eigenvalue weighted by Gasteiger charge is 2.52. The minimum atomic E-state index is 0.0736. The molecular weight excluding hydrogens is 436 g/mol. The minimum Gasteiger partial charge on any atom is -0.333 e. The van der Waals surface area contributed by atoms with E-state index in [2.05, 4.69) is 32.8 Å². The molecule has 4 aliphatic carbocycles. The van der Waals surface area contributed by atoms with Crippen molar-refractivity contribution in [2.45, 2.75) is 70.1 Å². The normalized spacial score (nSPS) is 31.9. The highest BCUT2D eigenvalue weighted by molar-refractivity contribution is 5.75. The summed E-state index contributed by atoms with van der Waals surface area (Å²) in [6.07, 6.45) is 11.6. The monoisotopic (exact) mass is 472 g/mol. The van der Waals surface area contributed by atoms with Gasteiger partial charge in [0, 0.05) is 50.5 Å². The van der Waals surface area contributed by atoms with Crippen LogP contribution >= 0.6 is 0 Å².